The van der Waals surface area contributed by atoms with E-state index in [9.17, 15) is 8.78 Å². The molecule has 0 saturated carbocycles. The maximum absolute atomic E-state index is 13.3. The summed E-state index contributed by atoms with van der Waals surface area (Å²) in [5, 5.41) is 1.16. The normalized spacial score (nSPS) is 11.2. The molecule has 0 unspecified atom stereocenters. The van der Waals surface area contributed by atoms with Gasteiger partial charge in [0.2, 0.25) is 0 Å². The topological polar surface area (TPSA) is 30.9 Å². The molecule has 3 rings (SSSR count). The summed E-state index contributed by atoms with van der Waals surface area (Å²) >= 11 is 0. The van der Waals surface area contributed by atoms with Crippen molar-refractivity contribution in [2.24, 2.45) is 5.73 Å². The third kappa shape index (κ3) is 2.67. The quantitative estimate of drug-likeness (QED) is 0.782. The van der Waals surface area contributed by atoms with E-state index in [4.69, 9.17) is 5.73 Å². The van der Waals surface area contributed by atoms with Crippen molar-refractivity contribution in [1.82, 2.24) is 4.57 Å². The van der Waals surface area contributed by atoms with Crippen LogP contribution < -0.4 is 5.73 Å². The first-order chi connectivity index (χ1) is 10.2. The summed E-state index contributed by atoms with van der Waals surface area (Å²) in [4.78, 5) is 0. The van der Waals surface area contributed by atoms with Crippen molar-refractivity contribution in [2.75, 3.05) is 6.54 Å². The fraction of sp³-hybridized carbons (Fsp3) is 0.176. The molecule has 2 aromatic carbocycles. The summed E-state index contributed by atoms with van der Waals surface area (Å²) in [6.45, 7) is 1.08. The number of halogens is 2. The third-order valence-corrected chi connectivity index (χ3v) is 3.62. The Morgan fingerprint density at radius 2 is 1.81 bits per heavy atom. The number of aromatic nitrogens is 1. The molecule has 0 spiro atoms. The van der Waals surface area contributed by atoms with E-state index in [1.165, 1.54) is 11.6 Å². The van der Waals surface area contributed by atoms with Crippen LogP contribution in [-0.2, 0) is 13.0 Å². The molecular weight excluding hydrogens is 270 g/mol. The highest BCUT2D eigenvalue weighted by molar-refractivity contribution is 5.84. The lowest BCUT2D eigenvalue weighted by Crippen LogP contribution is -2.02. The average Bonchev–Trinajstić information content (AvgIpc) is 2.82. The average molecular weight is 286 g/mol. The van der Waals surface area contributed by atoms with Crippen molar-refractivity contribution < 1.29 is 8.78 Å². The van der Waals surface area contributed by atoms with Crippen LogP contribution in [0.15, 0.2) is 48.7 Å². The van der Waals surface area contributed by atoms with Crippen LogP contribution in [0.5, 0.6) is 0 Å². The van der Waals surface area contributed by atoms with Crippen LogP contribution >= 0.6 is 0 Å². The summed E-state index contributed by atoms with van der Waals surface area (Å²) in [6, 6.07) is 12.1. The highest BCUT2D eigenvalue weighted by Gasteiger charge is 2.09. The standard InChI is InChI=1S/C17H16F2N2/c18-15-6-5-12(9-16(15)19)10-21-11-13(7-8-20)14-3-1-2-4-17(14)21/h1-6,9,11H,7-8,10,20H2. The Balaban J connectivity index is 2.01. The molecule has 0 saturated heterocycles. The fourth-order valence-corrected chi connectivity index (χ4v) is 2.64. The number of nitrogens with zero attached hydrogens (tertiary/aromatic N) is 1. The van der Waals surface area contributed by atoms with Gasteiger partial charge in [-0.1, -0.05) is 24.3 Å². The predicted octanol–water partition coefficient (Wildman–Crippen LogP) is 3.47. The Morgan fingerprint density at radius 1 is 1.00 bits per heavy atom. The third-order valence-electron chi connectivity index (χ3n) is 3.62. The minimum absolute atomic E-state index is 0.502. The minimum Gasteiger partial charge on any atom is -0.343 e. The van der Waals surface area contributed by atoms with E-state index in [-0.39, 0.29) is 0 Å². The maximum atomic E-state index is 13.3. The fourth-order valence-electron chi connectivity index (χ4n) is 2.64. The molecule has 0 amide bonds. The van der Waals surface area contributed by atoms with E-state index < -0.39 is 11.6 Å². The van der Waals surface area contributed by atoms with Crippen molar-refractivity contribution in [3.05, 3.63) is 71.4 Å². The number of hydrogen-bond donors (Lipinski definition) is 1. The van der Waals surface area contributed by atoms with Crippen LogP contribution in [0.3, 0.4) is 0 Å². The molecule has 2 nitrogen and oxygen atoms in total. The van der Waals surface area contributed by atoms with Crippen LogP contribution in [0, 0.1) is 11.6 Å². The molecule has 2 N–H and O–H groups in total. The zero-order valence-electron chi connectivity index (χ0n) is 11.5. The minimum atomic E-state index is -0.820. The van der Waals surface area contributed by atoms with E-state index in [0.717, 1.165) is 29.0 Å². The molecule has 4 heteroatoms. The number of fused-ring (bicyclic) bond motifs is 1. The Hall–Kier alpha value is -2.20. The van der Waals surface area contributed by atoms with Crippen LogP contribution in [0.2, 0.25) is 0 Å². The van der Waals surface area contributed by atoms with Crippen molar-refractivity contribution >= 4 is 10.9 Å². The van der Waals surface area contributed by atoms with E-state index >= 15 is 0 Å². The van der Waals surface area contributed by atoms with Gasteiger partial charge in [0.1, 0.15) is 0 Å². The Morgan fingerprint density at radius 3 is 2.57 bits per heavy atom. The van der Waals surface area contributed by atoms with Crippen molar-refractivity contribution in [1.29, 1.82) is 0 Å². The predicted molar refractivity (Wildman–Crippen MR) is 80.2 cm³/mol. The van der Waals surface area contributed by atoms with Crippen molar-refractivity contribution in [3.8, 4) is 0 Å². The lowest BCUT2D eigenvalue weighted by molar-refractivity contribution is 0.506. The second-order valence-electron chi connectivity index (χ2n) is 5.09. The smallest absolute Gasteiger partial charge is 0.159 e. The summed E-state index contributed by atoms with van der Waals surface area (Å²) in [5.74, 6) is -1.63. The second-order valence-corrected chi connectivity index (χ2v) is 5.09. The zero-order chi connectivity index (χ0) is 14.8. The first kappa shape index (κ1) is 13.8. The molecule has 0 fully saturated rings. The van der Waals surface area contributed by atoms with Crippen LogP contribution in [0.4, 0.5) is 8.78 Å². The van der Waals surface area contributed by atoms with Gasteiger partial charge in [0.15, 0.2) is 11.6 Å². The Labute approximate surface area is 121 Å². The van der Waals surface area contributed by atoms with Gasteiger partial charge in [-0.2, -0.15) is 0 Å². The maximum Gasteiger partial charge on any atom is 0.159 e. The van der Waals surface area contributed by atoms with Gasteiger partial charge in [-0.05, 0) is 42.3 Å². The van der Waals surface area contributed by atoms with Gasteiger partial charge in [-0.3, -0.25) is 0 Å². The van der Waals surface area contributed by atoms with Gasteiger partial charge in [0.25, 0.3) is 0 Å². The molecule has 0 atom stereocenters. The number of hydrogen-bond acceptors (Lipinski definition) is 1. The monoisotopic (exact) mass is 286 g/mol. The molecule has 0 aliphatic rings. The number of benzene rings is 2. The number of para-hydroxylation sites is 1. The molecule has 108 valence electrons. The van der Waals surface area contributed by atoms with Gasteiger partial charge in [-0.15, -0.1) is 0 Å². The van der Waals surface area contributed by atoms with Crippen LogP contribution in [0.1, 0.15) is 11.1 Å². The second kappa shape index (κ2) is 5.66. The largest absolute Gasteiger partial charge is 0.343 e. The van der Waals surface area contributed by atoms with E-state index in [1.54, 1.807) is 6.07 Å². The first-order valence-corrected chi connectivity index (χ1v) is 6.90. The SMILES string of the molecule is NCCc1cn(Cc2ccc(F)c(F)c2)c2ccccc12. The number of nitrogens with two attached hydrogens (primary N) is 1. The summed E-state index contributed by atoms with van der Waals surface area (Å²) in [6.07, 6.45) is 2.84. The summed E-state index contributed by atoms with van der Waals surface area (Å²) < 4.78 is 28.4. The van der Waals surface area contributed by atoms with Gasteiger partial charge in [0.05, 0.1) is 0 Å². The lowest BCUT2D eigenvalue weighted by atomic mass is 10.1. The van der Waals surface area contributed by atoms with Crippen LogP contribution in [0.25, 0.3) is 10.9 Å². The van der Waals surface area contributed by atoms with Gasteiger partial charge < -0.3 is 10.3 Å². The van der Waals surface area contributed by atoms with Crippen molar-refractivity contribution in [2.45, 2.75) is 13.0 Å². The first-order valence-electron chi connectivity index (χ1n) is 6.90. The molecule has 3 aromatic rings. The van der Waals surface area contributed by atoms with E-state index in [0.29, 0.717) is 13.1 Å². The Kier molecular flexibility index (Phi) is 3.71. The molecule has 0 aliphatic carbocycles. The molecular formula is C17H16F2N2. The lowest BCUT2D eigenvalue weighted by Gasteiger charge is -2.06. The number of rotatable bonds is 4. The van der Waals surface area contributed by atoms with E-state index in [1.807, 2.05) is 29.0 Å². The van der Waals surface area contributed by atoms with Gasteiger partial charge >= 0.3 is 0 Å². The Bertz CT molecular complexity index is 778. The zero-order valence-corrected chi connectivity index (χ0v) is 11.5. The molecule has 0 aliphatic heterocycles. The highest BCUT2D eigenvalue weighted by Crippen LogP contribution is 2.23. The van der Waals surface area contributed by atoms with Gasteiger partial charge in [0, 0.05) is 23.6 Å². The highest BCUT2D eigenvalue weighted by atomic mass is 19.2. The van der Waals surface area contributed by atoms with Gasteiger partial charge in [-0.25, -0.2) is 8.78 Å². The molecule has 0 bridgehead atoms. The van der Waals surface area contributed by atoms with Crippen molar-refractivity contribution in [3.63, 3.8) is 0 Å². The van der Waals surface area contributed by atoms with Crippen LogP contribution in [-0.4, -0.2) is 11.1 Å². The summed E-state index contributed by atoms with van der Waals surface area (Å²) in [7, 11) is 0. The van der Waals surface area contributed by atoms with E-state index in [2.05, 4.69) is 6.07 Å². The molecule has 1 heterocycles. The summed E-state index contributed by atoms with van der Waals surface area (Å²) in [5.41, 5.74) is 8.63. The molecule has 1 aromatic heterocycles. The molecule has 21 heavy (non-hydrogen) atoms. The molecule has 0 radical (unpaired) electrons.